The van der Waals surface area contributed by atoms with E-state index in [4.69, 9.17) is 0 Å². The number of aromatic nitrogens is 1. The molecule has 0 unspecified atom stereocenters. The zero-order valence-electron chi connectivity index (χ0n) is 13.4. The molecule has 0 spiro atoms. The Morgan fingerprint density at radius 3 is 2.58 bits per heavy atom. The van der Waals surface area contributed by atoms with E-state index in [1.165, 1.54) is 30.0 Å². The fraction of sp³-hybridized carbons (Fsp3) is 0.158. The highest BCUT2D eigenvalue weighted by molar-refractivity contribution is 7.99. The minimum Gasteiger partial charge on any atom is -0.504 e. The van der Waals surface area contributed by atoms with Crippen molar-refractivity contribution < 1.29 is 15.0 Å². The molecule has 0 radical (unpaired) electrons. The van der Waals surface area contributed by atoms with Gasteiger partial charge in [-0.3, -0.25) is 4.79 Å². The average Bonchev–Trinajstić information content (AvgIpc) is 2.56. The van der Waals surface area contributed by atoms with E-state index in [0.29, 0.717) is 5.56 Å². The predicted molar refractivity (Wildman–Crippen MR) is 96.0 cm³/mol. The van der Waals surface area contributed by atoms with E-state index < -0.39 is 0 Å². The molecule has 5 heteroatoms. The number of benzene rings is 2. The molecule has 0 fully saturated rings. The monoisotopic (exact) mass is 339 g/mol. The third kappa shape index (κ3) is 3.21. The number of phenolic OH excluding ortho intramolecular Hbond substituents is 2. The van der Waals surface area contributed by atoms with Gasteiger partial charge >= 0.3 is 0 Å². The van der Waals surface area contributed by atoms with Crippen LogP contribution in [0, 0.1) is 13.8 Å². The Hall–Kier alpha value is -2.53. The van der Waals surface area contributed by atoms with Crippen LogP contribution in [-0.4, -0.2) is 26.7 Å². The van der Waals surface area contributed by atoms with Crippen molar-refractivity contribution in [3.05, 3.63) is 59.2 Å². The molecule has 0 aliphatic carbocycles. The molecular weight excluding hydrogens is 322 g/mol. The van der Waals surface area contributed by atoms with E-state index in [1.54, 1.807) is 0 Å². The Kier molecular flexibility index (Phi) is 4.44. The number of phenols is 2. The number of carbonyl (C=O) groups is 1. The number of hydrogen-bond donors (Lipinski definition) is 2. The summed E-state index contributed by atoms with van der Waals surface area (Å²) in [5.74, 6) is -0.434. The van der Waals surface area contributed by atoms with Gasteiger partial charge in [0.05, 0.1) is 16.3 Å². The number of fused-ring (bicyclic) bond motifs is 1. The summed E-state index contributed by atoms with van der Waals surface area (Å²) in [6.45, 7) is 4.06. The van der Waals surface area contributed by atoms with Gasteiger partial charge in [-0.05, 0) is 49.2 Å². The Bertz CT molecular complexity index is 937. The molecule has 24 heavy (non-hydrogen) atoms. The van der Waals surface area contributed by atoms with Crippen LogP contribution in [0.4, 0.5) is 0 Å². The maximum absolute atomic E-state index is 12.3. The summed E-state index contributed by atoms with van der Waals surface area (Å²) in [4.78, 5) is 16.9. The van der Waals surface area contributed by atoms with Gasteiger partial charge in [-0.2, -0.15) is 0 Å². The number of rotatable bonds is 4. The first-order valence-electron chi connectivity index (χ1n) is 7.50. The second-order valence-electron chi connectivity index (χ2n) is 5.66. The highest BCUT2D eigenvalue weighted by Crippen LogP contribution is 2.28. The SMILES string of the molecule is Cc1cc(SCC(=O)c2ccc(O)c(O)c2)nc2c(C)cccc12. The van der Waals surface area contributed by atoms with E-state index >= 15 is 0 Å². The van der Waals surface area contributed by atoms with Gasteiger partial charge in [0.25, 0.3) is 0 Å². The van der Waals surface area contributed by atoms with Crippen molar-refractivity contribution in [1.82, 2.24) is 4.98 Å². The van der Waals surface area contributed by atoms with Crippen LogP contribution < -0.4 is 0 Å². The number of pyridine rings is 1. The highest BCUT2D eigenvalue weighted by Gasteiger charge is 2.11. The van der Waals surface area contributed by atoms with Crippen molar-refractivity contribution in [3.8, 4) is 11.5 Å². The molecule has 0 aliphatic rings. The van der Waals surface area contributed by atoms with Gasteiger partial charge in [0.15, 0.2) is 17.3 Å². The van der Waals surface area contributed by atoms with Crippen LogP contribution in [0.1, 0.15) is 21.5 Å². The molecule has 0 aliphatic heterocycles. The number of ketones is 1. The summed E-state index contributed by atoms with van der Waals surface area (Å²) >= 11 is 1.37. The topological polar surface area (TPSA) is 70.4 Å². The Balaban J connectivity index is 1.81. The lowest BCUT2D eigenvalue weighted by atomic mass is 10.1. The van der Waals surface area contributed by atoms with Crippen molar-refractivity contribution in [2.75, 3.05) is 5.75 Å². The lowest BCUT2D eigenvalue weighted by Gasteiger charge is -2.08. The van der Waals surface area contributed by atoms with E-state index in [-0.39, 0.29) is 23.0 Å². The fourth-order valence-corrected chi connectivity index (χ4v) is 3.39. The molecule has 1 heterocycles. The number of aryl methyl sites for hydroxylation is 2. The number of thioether (sulfide) groups is 1. The van der Waals surface area contributed by atoms with Gasteiger partial charge in [-0.15, -0.1) is 0 Å². The van der Waals surface area contributed by atoms with Crippen LogP contribution >= 0.6 is 11.8 Å². The molecule has 0 saturated heterocycles. The molecule has 0 saturated carbocycles. The molecule has 1 aromatic heterocycles. The van der Waals surface area contributed by atoms with Crippen molar-refractivity contribution in [2.24, 2.45) is 0 Å². The largest absolute Gasteiger partial charge is 0.504 e. The van der Waals surface area contributed by atoms with Gasteiger partial charge in [-0.1, -0.05) is 30.0 Å². The quantitative estimate of drug-likeness (QED) is 0.423. The van der Waals surface area contributed by atoms with Gasteiger partial charge in [0.2, 0.25) is 0 Å². The summed E-state index contributed by atoms with van der Waals surface area (Å²) in [5, 5.41) is 20.7. The van der Waals surface area contributed by atoms with Crippen LogP contribution in [0.15, 0.2) is 47.5 Å². The molecule has 0 bridgehead atoms. The van der Waals surface area contributed by atoms with Gasteiger partial charge < -0.3 is 10.2 Å². The van der Waals surface area contributed by atoms with Crippen molar-refractivity contribution in [2.45, 2.75) is 18.9 Å². The predicted octanol–water partition coefficient (Wildman–Crippen LogP) is 4.24. The summed E-state index contributed by atoms with van der Waals surface area (Å²) in [5.41, 5.74) is 3.55. The minimum absolute atomic E-state index is 0.125. The number of nitrogens with zero attached hydrogens (tertiary/aromatic N) is 1. The van der Waals surface area contributed by atoms with Crippen LogP contribution in [0.3, 0.4) is 0 Å². The number of Topliss-reactive ketones (excluding diaryl/α,β-unsaturated/α-hetero) is 1. The number of carbonyl (C=O) groups excluding carboxylic acids is 1. The smallest absolute Gasteiger partial charge is 0.173 e. The molecule has 3 rings (SSSR count). The Morgan fingerprint density at radius 2 is 1.83 bits per heavy atom. The lowest BCUT2D eigenvalue weighted by molar-refractivity contribution is 0.102. The first-order chi connectivity index (χ1) is 11.5. The average molecular weight is 339 g/mol. The first kappa shape index (κ1) is 16.3. The first-order valence-corrected chi connectivity index (χ1v) is 8.49. The van der Waals surface area contributed by atoms with Crippen LogP contribution in [-0.2, 0) is 0 Å². The van der Waals surface area contributed by atoms with E-state index in [2.05, 4.69) is 4.98 Å². The molecule has 0 atom stereocenters. The number of aromatic hydroxyl groups is 2. The van der Waals surface area contributed by atoms with Crippen LogP contribution in [0.5, 0.6) is 11.5 Å². The third-order valence-electron chi connectivity index (χ3n) is 3.87. The molecular formula is C19H17NO3S. The maximum atomic E-state index is 12.3. The summed E-state index contributed by atoms with van der Waals surface area (Å²) in [6, 6.07) is 12.2. The number of hydrogen-bond acceptors (Lipinski definition) is 5. The minimum atomic E-state index is -0.291. The standard InChI is InChI=1S/C19H17NO3S/c1-11-4-3-5-14-12(2)8-18(20-19(11)14)24-10-17(23)13-6-7-15(21)16(22)9-13/h3-9,21-22H,10H2,1-2H3. The molecule has 2 N–H and O–H groups in total. The molecule has 4 nitrogen and oxygen atoms in total. The Labute approximate surface area is 144 Å². The van der Waals surface area contributed by atoms with Crippen LogP contribution in [0.25, 0.3) is 10.9 Å². The van der Waals surface area contributed by atoms with Crippen molar-refractivity contribution in [1.29, 1.82) is 0 Å². The zero-order chi connectivity index (χ0) is 17.3. The summed E-state index contributed by atoms with van der Waals surface area (Å²) in [6.07, 6.45) is 0. The van der Waals surface area contributed by atoms with Crippen molar-refractivity contribution in [3.63, 3.8) is 0 Å². The Morgan fingerprint density at radius 1 is 1.04 bits per heavy atom. The van der Waals surface area contributed by atoms with Crippen molar-refractivity contribution >= 4 is 28.4 Å². The van der Waals surface area contributed by atoms with Crippen LogP contribution in [0.2, 0.25) is 0 Å². The van der Waals surface area contributed by atoms with E-state index in [9.17, 15) is 15.0 Å². The molecule has 0 amide bonds. The lowest BCUT2D eigenvalue weighted by Crippen LogP contribution is -2.02. The molecule has 2 aromatic carbocycles. The zero-order valence-corrected chi connectivity index (χ0v) is 14.2. The normalized spacial score (nSPS) is 10.9. The maximum Gasteiger partial charge on any atom is 0.173 e. The van der Waals surface area contributed by atoms with Gasteiger partial charge in [-0.25, -0.2) is 4.98 Å². The fourth-order valence-electron chi connectivity index (χ4n) is 2.52. The second-order valence-corrected chi connectivity index (χ2v) is 6.66. The van der Waals surface area contributed by atoms with E-state index in [1.807, 2.05) is 38.1 Å². The second kappa shape index (κ2) is 6.53. The van der Waals surface area contributed by atoms with Gasteiger partial charge in [0, 0.05) is 10.9 Å². The van der Waals surface area contributed by atoms with E-state index in [0.717, 1.165) is 27.1 Å². The van der Waals surface area contributed by atoms with Gasteiger partial charge in [0.1, 0.15) is 0 Å². The number of para-hydroxylation sites is 1. The highest BCUT2D eigenvalue weighted by atomic mass is 32.2. The summed E-state index contributed by atoms with van der Waals surface area (Å²) < 4.78 is 0. The summed E-state index contributed by atoms with van der Waals surface area (Å²) in [7, 11) is 0. The third-order valence-corrected chi connectivity index (χ3v) is 4.78. The molecule has 3 aromatic rings. The molecule has 122 valence electrons.